The minimum Gasteiger partial charge on any atom is -0.369 e. The number of benzene rings is 3. The number of amides is 2. The zero-order valence-corrected chi connectivity index (χ0v) is 14.9. The number of aliphatic hydroxyl groups excluding tert-OH is 1. The van der Waals surface area contributed by atoms with Gasteiger partial charge in [0.25, 0.3) is 0 Å². The monoisotopic (exact) mass is 367 g/mol. The fourth-order valence-electron chi connectivity index (χ4n) is 3.66. The Hall–Kier alpha value is -3.70. The predicted molar refractivity (Wildman–Crippen MR) is 110 cm³/mol. The van der Waals surface area contributed by atoms with Crippen LogP contribution in [0.5, 0.6) is 0 Å². The van der Waals surface area contributed by atoms with Gasteiger partial charge in [-0.3, -0.25) is 9.88 Å². The highest BCUT2D eigenvalue weighted by Crippen LogP contribution is 2.39. The van der Waals surface area contributed by atoms with Crippen LogP contribution in [0.25, 0.3) is 21.9 Å². The van der Waals surface area contributed by atoms with E-state index in [1.165, 1.54) is 4.90 Å². The highest BCUT2D eigenvalue weighted by molar-refractivity contribution is 6.10. The van der Waals surface area contributed by atoms with E-state index >= 15 is 0 Å². The number of carbonyl (C=O) groups is 1. The number of hydrogen-bond donors (Lipinski definition) is 2. The maximum Gasteiger partial charge on any atom is 0.328 e. The number of hydrogen-bond acceptors (Lipinski definition) is 3. The molecule has 5 rings (SSSR count). The van der Waals surface area contributed by atoms with Gasteiger partial charge in [-0.1, -0.05) is 66.7 Å². The molecule has 4 aromatic rings. The normalized spacial score (nSPS) is 16.0. The third-order valence-electron chi connectivity index (χ3n) is 5.05. The lowest BCUT2D eigenvalue weighted by Crippen LogP contribution is -2.42. The molecule has 0 saturated heterocycles. The van der Waals surface area contributed by atoms with Crippen LogP contribution in [-0.2, 0) is 0 Å². The molecule has 2 amide bonds. The van der Waals surface area contributed by atoms with Gasteiger partial charge in [0.05, 0.1) is 17.6 Å². The molecule has 0 saturated carbocycles. The first-order chi connectivity index (χ1) is 13.7. The molecule has 2 heterocycles. The molecule has 2 N–H and O–H groups in total. The third kappa shape index (κ3) is 2.61. The summed E-state index contributed by atoms with van der Waals surface area (Å²) >= 11 is 0. The molecule has 1 aliphatic heterocycles. The third-order valence-corrected chi connectivity index (χ3v) is 5.05. The van der Waals surface area contributed by atoms with Crippen LogP contribution in [-0.4, -0.2) is 16.1 Å². The standard InChI is InChI=1S/C23H17N3O2/c27-22-19-11-10-16(15-6-2-1-3-7-15)12-20(19)25-23(28)26(22)21-14-24-13-17-8-4-5-9-18(17)21/h1-14,22,27H,(H,25,28). The van der Waals surface area contributed by atoms with Crippen molar-refractivity contribution in [3.8, 4) is 11.1 Å². The summed E-state index contributed by atoms with van der Waals surface area (Å²) < 4.78 is 0. The number of fused-ring (bicyclic) bond motifs is 2. The van der Waals surface area contributed by atoms with Gasteiger partial charge < -0.3 is 10.4 Å². The Bertz CT molecular complexity index is 1190. The van der Waals surface area contributed by atoms with E-state index in [4.69, 9.17) is 0 Å². The molecule has 0 aliphatic carbocycles. The number of rotatable bonds is 2. The zero-order chi connectivity index (χ0) is 19.1. The summed E-state index contributed by atoms with van der Waals surface area (Å²) in [5.74, 6) is 0. The van der Waals surface area contributed by atoms with Gasteiger partial charge in [-0.25, -0.2) is 4.79 Å². The largest absolute Gasteiger partial charge is 0.369 e. The Kier molecular flexibility index (Phi) is 3.81. The van der Waals surface area contributed by atoms with Gasteiger partial charge in [-0.2, -0.15) is 0 Å². The Morgan fingerprint density at radius 1 is 0.893 bits per heavy atom. The highest BCUT2D eigenvalue weighted by atomic mass is 16.3. The molecule has 5 nitrogen and oxygen atoms in total. The van der Waals surface area contributed by atoms with Gasteiger partial charge in [-0.15, -0.1) is 0 Å². The number of carbonyl (C=O) groups excluding carboxylic acids is 1. The summed E-state index contributed by atoms with van der Waals surface area (Å²) in [6, 6.07) is 22.9. The molecule has 1 unspecified atom stereocenters. The lowest BCUT2D eigenvalue weighted by Gasteiger charge is -2.34. The minimum absolute atomic E-state index is 0.386. The fourth-order valence-corrected chi connectivity index (χ4v) is 3.66. The van der Waals surface area contributed by atoms with Crippen LogP contribution in [0.2, 0.25) is 0 Å². The maximum absolute atomic E-state index is 12.9. The van der Waals surface area contributed by atoms with Gasteiger partial charge in [-0.05, 0) is 17.2 Å². The van der Waals surface area contributed by atoms with Crippen molar-refractivity contribution in [1.82, 2.24) is 4.98 Å². The van der Waals surface area contributed by atoms with Crippen molar-refractivity contribution >= 4 is 28.2 Å². The molecule has 0 fully saturated rings. The molecule has 5 heteroatoms. The van der Waals surface area contributed by atoms with Gasteiger partial charge >= 0.3 is 6.03 Å². The van der Waals surface area contributed by atoms with Crippen LogP contribution < -0.4 is 10.2 Å². The molecular weight excluding hydrogens is 350 g/mol. The Labute approximate surface area is 161 Å². The number of aromatic nitrogens is 1. The maximum atomic E-state index is 12.9. The van der Waals surface area contributed by atoms with E-state index in [0.717, 1.165) is 21.9 Å². The first-order valence-corrected chi connectivity index (χ1v) is 9.03. The van der Waals surface area contributed by atoms with E-state index in [1.54, 1.807) is 12.4 Å². The Morgan fingerprint density at radius 3 is 2.54 bits per heavy atom. The van der Waals surface area contributed by atoms with E-state index in [0.29, 0.717) is 16.9 Å². The van der Waals surface area contributed by atoms with Crippen LogP contribution in [0.15, 0.2) is 85.2 Å². The number of nitrogens with zero attached hydrogens (tertiary/aromatic N) is 2. The van der Waals surface area contributed by atoms with E-state index in [2.05, 4.69) is 10.3 Å². The molecule has 1 aliphatic rings. The van der Waals surface area contributed by atoms with Crippen molar-refractivity contribution in [2.24, 2.45) is 0 Å². The molecule has 0 radical (unpaired) electrons. The van der Waals surface area contributed by atoms with Crippen molar-refractivity contribution in [3.05, 3.63) is 90.8 Å². The van der Waals surface area contributed by atoms with E-state index in [9.17, 15) is 9.90 Å². The lowest BCUT2D eigenvalue weighted by atomic mass is 9.99. The van der Waals surface area contributed by atoms with E-state index in [1.807, 2.05) is 72.8 Å². The minimum atomic E-state index is -1.10. The number of pyridine rings is 1. The molecule has 0 bridgehead atoms. The van der Waals surface area contributed by atoms with Crippen LogP contribution >= 0.6 is 0 Å². The topological polar surface area (TPSA) is 65.5 Å². The van der Waals surface area contributed by atoms with Crippen LogP contribution in [0, 0.1) is 0 Å². The van der Waals surface area contributed by atoms with Crippen molar-refractivity contribution in [1.29, 1.82) is 0 Å². The lowest BCUT2D eigenvalue weighted by molar-refractivity contribution is 0.170. The molecule has 1 atom stereocenters. The number of urea groups is 1. The summed E-state index contributed by atoms with van der Waals surface area (Å²) in [6.07, 6.45) is 2.25. The fraction of sp³-hybridized carbons (Fsp3) is 0.0435. The smallest absolute Gasteiger partial charge is 0.328 e. The van der Waals surface area contributed by atoms with Crippen LogP contribution in [0.4, 0.5) is 16.2 Å². The van der Waals surface area contributed by atoms with Crippen molar-refractivity contribution in [3.63, 3.8) is 0 Å². The molecule has 1 aromatic heterocycles. The summed E-state index contributed by atoms with van der Waals surface area (Å²) in [5.41, 5.74) is 3.86. The molecule has 136 valence electrons. The SMILES string of the molecule is O=C1Nc2cc(-c3ccccc3)ccc2C(O)N1c1cncc2ccccc12. The first-order valence-electron chi connectivity index (χ1n) is 9.03. The Morgan fingerprint density at radius 2 is 1.68 bits per heavy atom. The average molecular weight is 367 g/mol. The van der Waals surface area contributed by atoms with Crippen molar-refractivity contribution < 1.29 is 9.90 Å². The molecule has 28 heavy (non-hydrogen) atoms. The quantitative estimate of drug-likeness (QED) is 0.527. The second-order valence-corrected chi connectivity index (χ2v) is 6.72. The van der Waals surface area contributed by atoms with Crippen LogP contribution in [0.1, 0.15) is 11.8 Å². The summed E-state index contributed by atoms with van der Waals surface area (Å²) in [4.78, 5) is 18.5. The van der Waals surface area contributed by atoms with Gasteiger partial charge in [0.15, 0.2) is 6.23 Å². The summed E-state index contributed by atoms with van der Waals surface area (Å²) in [7, 11) is 0. The van der Waals surface area contributed by atoms with Gasteiger partial charge in [0.1, 0.15) is 0 Å². The van der Waals surface area contributed by atoms with E-state index < -0.39 is 6.23 Å². The second-order valence-electron chi connectivity index (χ2n) is 6.72. The predicted octanol–water partition coefficient (Wildman–Crippen LogP) is 4.94. The number of nitrogens with one attached hydrogen (secondary N) is 1. The first kappa shape index (κ1) is 16.5. The summed E-state index contributed by atoms with van der Waals surface area (Å²) in [6.45, 7) is 0. The number of aliphatic hydroxyl groups is 1. The number of anilines is 2. The molecule has 3 aromatic carbocycles. The Balaban J connectivity index is 1.59. The average Bonchev–Trinajstić information content (AvgIpc) is 2.74. The van der Waals surface area contributed by atoms with Gasteiger partial charge in [0.2, 0.25) is 0 Å². The van der Waals surface area contributed by atoms with Gasteiger partial charge in [0, 0.05) is 22.5 Å². The molecular formula is C23H17N3O2. The van der Waals surface area contributed by atoms with E-state index in [-0.39, 0.29) is 6.03 Å². The summed E-state index contributed by atoms with van der Waals surface area (Å²) in [5, 5.41) is 15.7. The van der Waals surface area contributed by atoms with Crippen LogP contribution in [0.3, 0.4) is 0 Å². The molecule has 0 spiro atoms. The second kappa shape index (κ2) is 6.48. The zero-order valence-electron chi connectivity index (χ0n) is 14.9. The highest BCUT2D eigenvalue weighted by Gasteiger charge is 2.33. The van der Waals surface area contributed by atoms with Crippen molar-refractivity contribution in [2.75, 3.05) is 10.2 Å². The van der Waals surface area contributed by atoms with Crippen molar-refractivity contribution in [2.45, 2.75) is 6.23 Å².